The zero-order valence-electron chi connectivity index (χ0n) is 10.5. The monoisotopic (exact) mass is 264 g/mol. The van der Waals surface area contributed by atoms with Crippen LogP contribution in [0.15, 0.2) is 34.3 Å². The van der Waals surface area contributed by atoms with E-state index in [1.807, 2.05) is 0 Å². The number of benzene rings is 1. The van der Waals surface area contributed by atoms with E-state index in [1.165, 1.54) is 0 Å². The number of carbonyl (C=O) groups is 1. The van der Waals surface area contributed by atoms with Gasteiger partial charge in [0.25, 0.3) is 0 Å². The molecule has 8 heteroatoms. The second-order valence-corrected chi connectivity index (χ2v) is 3.40. The molecule has 19 heavy (non-hydrogen) atoms. The van der Waals surface area contributed by atoms with E-state index in [0.29, 0.717) is 18.0 Å². The van der Waals surface area contributed by atoms with Crippen molar-refractivity contribution in [2.24, 2.45) is 27.2 Å². The van der Waals surface area contributed by atoms with Crippen LogP contribution in [0.2, 0.25) is 0 Å². The van der Waals surface area contributed by atoms with Crippen LogP contribution in [0.5, 0.6) is 0 Å². The van der Waals surface area contributed by atoms with Crippen LogP contribution in [0.25, 0.3) is 0 Å². The minimum atomic E-state index is -0.515. The van der Waals surface area contributed by atoms with E-state index in [9.17, 15) is 4.79 Å². The van der Waals surface area contributed by atoms with E-state index in [1.54, 1.807) is 31.2 Å². The van der Waals surface area contributed by atoms with Gasteiger partial charge in [-0.05, 0) is 31.2 Å². The summed E-state index contributed by atoms with van der Waals surface area (Å²) in [5, 5.41) is 2.55. The molecule has 7 N–H and O–H groups in total. The molecule has 0 bridgehead atoms. The quantitative estimate of drug-likeness (QED) is 0.464. The number of ether oxygens (including phenoxy) is 1. The first kappa shape index (κ1) is 14.3. The molecule has 1 amide bonds. The van der Waals surface area contributed by atoms with Crippen LogP contribution in [0, 0.1) is 0 Å². The predicted octanol–water partition coefficient (Wildman–Crippen LogP) is 0.475. The van der Waals surface area contributed by atoms with Crippen molar-refractivity contribution < 1.29 is 9.53 Å². The van der Waals surface area contributed by atoms with Crippen LogP contribution in [0.4, 0.5) is 16.2 Å². The number of guanidine groups is 2. The number of nitrogens with one attached hydrogen (secondary N) is 1. The molecule has 0 aliphatic rings. The van der Waals surface area contributed by atoms with E-state index in [0.717, 1.165) is 0 Å². The third kappa shape index (κ3) is 5.39. The van der Waals surface area contributed by atoms with Crippen LogP contribution >= 0.6 is 0 Å². The summed E-state index contributed by atoms with van der Waals surface area (Å²) in [4.78, 5) is 18.7. The Hall–Kier alpha value is -2.77. The molecular weight excluding hydrogens is 248 g/mol. The Labute approximate surface area is 110 Å². The average Bonchev–Trinajstić information content (AvgIpc) is 2.31. The minimum absolute atomic E-state index is 0.0499. The molecule has 0 atom stereocenters. The molecule has 0 aliphatic carbocycles. The number of hydrogen-bond donors (Lipinski definition) is 4. The number of aliphatic imine (C=N–C) groups is 2. The summed E-state index contributed by atoms with van der Waals surface area (Å²) in [6.07, 6.45) is -0.515. The van der Waals surface area contributed by atoms with Gasteiger partial charge in [0.1, 0.15) is 0 Å². The fourth-order valence-electron chi connectivity index (χ4n) is 1.19. The standard InChI is InChI=1S/C11H16N6O2/c1-2-19-11(18)16-8-5-3-7(4-6-8)15-10(14)17-9(12)13/h3-6H,2H2,1H3,(H,16,18)(H6,12,13,14,15,17). The van der Waals surface area contributed by atoms with Crippen LogP contribution in [-0.2, 0) is 4.74 Å². The van der Waals surface area contributed by atoms with Crippen molar-refractivity contribution >= 4 is 29.4 Å². The molecule has 1 rings (SSSR count). The second-order valence-electron chi connectivity index (χ2n) is 3.40. The number of hydrogen-bond acceptors (Lipinski definition) is 3. The van der Waals surface area contributed by atoms with Crippen molar-refractivity contribution in [3.05, 3.63) is 24.3 Å². The normalized spacial score (nSPS) is 10.7. The molecule has 0 unspecified atom stereocenters. The van der Waals surface area contributed by atoms with Crippen molar-refractivity contribution in [2.45, 2.75) is 6.92 Å². The molecule has 0 aliphatic heterocycles. The Balaban J connectivity index is 2.71. The van der Waals surface area contributed by atoms with Gasteiger partial charge >= 0.3 is 6.09 Å². The minimum Gasteiger partial charge on any atom is -0.450 e. The fraction of sp³-hybridized carbons (Fsp3) is 0.182. The van der Waals surface area contributed by atoms with Crippen LogP contribution < -0.4 is 22.5 Å². The Morgan fingerprint density at radius 2 is 1.89 bits per heavy atom. The molecule has 0 fully saturated rings. The highest BCUT2D eigenvalue weighted by Gasteiger charge is 2.01. The maximum Gasteiger partial charge on any atom is 0.411 e. The molecule has 102 valence electrons. The van der Waals surface area contributed by atoms with Gasteiger partial charge in [0.2, 0.25) is 5.96 Å². The van der Waals surface area contributed by atoms with E-state index >= 15 is 0 Å². The number of rotatable bonds is 3. The van der Waals surface area contributed by atoms with Gasteiger partial charge in [0.15, 0.2) is 5.96 Å². The molecule has 0 saturated heterocycles. The summed E-state index contributed by atoms with van der Waals surface area (Å²) in [5.74, 6) is -0.215. The Morgan fingerprint density at radius 1 is 1.26 bits per heavy atom. The van der Waals surface area contributed by atoms with Gasteiger partial charge in [0.05, 0.1) is 12.3 Å². The van der Waals surface area contributed by atoms with Crippen LogP contribution in [-0.4, -0.2) is 24.6 Å². The van der Waals surface area contributed by atoms with E-state index < -0.39 is 6.09 Å². The first-order valence-corrected chi connectivity index (χ1v) is 5.49. The van der Waals surface area contributed by atoms with Crippen LogP contribution in [0.3, 0.4) is 0 Å². The largest absolute Gasteiger partial charge is 0.450 e. The van der Waals surface area contributed by atoms with E-state index in [2.05, 4.69) is 15.3 Å². The molecule has 0 radical (unpaired) electrons. The zero-order valence-corrected chi connectivity index (χ0v) is 10.5. The lowest BCUT2D eigenvalue weighted by molar-refractivity contribution is 0.168. The van der Waals surface area contributed by atoms with E-state index in [-0.39, 0.29) is 11.9 Å². The van der Waals surface area contributed by atoms with Gasteiger partial charge in [-0.15, -0.1) is 0 Å². The van der Waals surface area contributed by atoms with E-state index in [4.69, 9.17) is 21.9 Å². The molecule has 0 aromatic heterocycles. The lowest BCUT2D eigenvalue weighted by atomic mass is 10.3. The summed E-state index contributed by atoms with van der Waals surface area (Å²) in [7, 11) is 0. The summed E-state index contributed by atoms with van der Waals surface area (Å²) in [6.45, 7) is 2.03. The first-order chi connectivity index (χ1) is 9.01. The summed E-state index contributed by atoms with van der Waals surface area (Å²) in [6, 6.07) is 6.60. The number of anilines is 1. The van der Waals surface area contributed by atoms with Gasteiger partial charge in [-0.1, -0.05) is 0 Å². The molecule has 8 nitrogen and oxygen atoms in total. The summed E-state index contributed by atoms with van der Waals surface area (Å²) in [5.41, 5.74) is 16.9. The molecular formula is C11H16N6O2. The third-order valence-electron chi connectivity index (χ3n) is 1.88. The Morgan fingerprint density at radius 3 is 2.42 bits per heavy atom. The SMILES string of the molecule is CCOC(=O)Nc1ccc(N=C(N)N=C(N)N)cc1. The van der Waals surface area contributed by atoms with Gasteiger partial charge in [-0.3, -0.25) is 5.32 Å². The van der Waals surface area contributed by atoms with Gasteiger partial charge in [-0.25, -0.2) is 9.79 Å². The maximum atomic E-state index is 11.2. The lowest BCUT2D eigenvalue weighted by Gasteiger charge is -2.05. The topological polar surface area (TPSA) is 141 Å². The number of nitrogens with zero attached hydrogens (tertiary/aromatic N) is 2. The van der Waals surface area contributed by atoms with Crippen molar-refractivity contribution in [1.82, 2.24) is 0 Å². The number of amides is 1. The molecule has 0 heterocycles. The summed E-state index contributed by atoms with van der Waals surface area (Å²) >= 11 is 0. The molecule has 0 saturated carbocycles. The van der Waals surface area contributed by atoms with Gasteiger partial charge < -0.3 is 21.9 Å². The Bertz CT molecular complexity index is 490. The van der Waals surface area contributed by atoms with Crippen molar-refractivity contribution in [2.75, 3.05) is 11.9 Å². The lowest BCUT2D eigenvalue weighted by Crippen LogP contribution is -2.26. The highest BCUT2D eigenvalue weighted by Crippen LogP contribution is 2.16. The third-order valence-corrected chi connectivity index (χ3v) is 1.88. The van der Waals surface area contributed by atoms with Gasteiger partial charge in [0, 0.05) is 5.69 Å². The summed E-state index contributed by atoms with van der Waals surface area (Å²) < 4.78 is 4.74. The highest BCUT2D eigenvalue weighted by atomic mass is 16.5. The van der Waals surface area contributed by atoms with Crippen molar-refractivity contribution in [1.29, 1.82) is 0 Å². The predicted molar refractivity (Wildman–Crippen MR) is 74.2 cm³/mol. The molecule has 0 spiro atoms. The highest BCUT2D eigenvalue weighted by molar-refractivity contribution is 5.93. The smallest absolute Gasteiger partial charge is 0.411 e. The maximum absolute atomic E-state index is 11.2. The Kier molecular flexibility index (Phi) is 5.15. The van der Waals surface area contributed by atoms with Crippen molar-refractivity contribution in [3.63, 3.8) is 0 Å². The fourth-order valence-corrected chi connectivity index (χ4v) is 1.19. The molecule has 1 aromatic carbocycles. The average molecular weight is 264 g/mol. The molecule has 1 aromatic rings. The second kappa shape index (κ2) is 6.84. The number of carbonyl (C=O) groups excluding carboxylic acids is 1. The number of nitrogens with two attached hydrogens (primary N) is 3. The zero-order chi connectivity index (χ0) is 14.3. The van der Waals surface area contributed by atoms with Gasteiger partial charge in [-0.2, -0.15) is 4.99 Å². The van der Waals surface area contributed by atoms with Crippen LogP contribution in [0.1, 0.15) is 6.92 Å². The first-order valence-electron chi connectivity index (χ1n) is 5.49. The van der Waals surface area contributed by atoms with Crippen molar-refractivity contribution in [3.8, 4) is 0 Å².